The van der Waals surface area contributed by atoms with E-state index in [0.717, 1.165) is 36.6 Å². The predicted octanol–water partition coefficient (Wildman–Crippen LogP) is 2.96. The van der Waals surface area contributed by atoms with Crippen LogP contribution >= 0.6 is 0 Å². The fourth-order valence-corrected chi connectivity index (χ4v) is 2.80. The molecule has 0 fully saturated rings. The van der Waals surface area contributed by atoms with Crippen molar-refractivity contribution in [1.82, 2.24) is 20.4 Å². The first-order valence-corrected chi connectivity index (χ1v) is 9.02. The van der Waals surface area contributed by atoms with E-state index in [1.54, 1.807) is 25.4 Å². The molecule has 1 heterocycles. The number of aromatic nitrogens is 2. The summed E-state index contributed by atoms with van der Waals surface area (Å²) in [5.74, 6) is 0.549. The number of nitrogens with one attached hydrogen (secondary N) is 2. The third kappa shape index (κ3) is 5.67. The Labute approximate surface area is 159 Å². The molecule has 0 aliphatic heterocycles. The van der Waals surface area contributed by atoms with Gasteiger partial charge in [0.05, 0.1) is 5.69 Å². The van der Waals surface area contributed by atoms with E-state index in [-0.39, 0.29) is 5.82 Å². The van der Waals surface area contributed by atoms with Gasteiger partial charge in [0.25, 0.3) is 0 Å². The van der Waals surface area contributed by atoms with Crippen molar-refractivity contribution in [2.24, 2.45) is 4.99 Å². The van der Waals surface area contributed by atoms with Crippen molar-refractivity contribution in [2.45, 2.75) is 12.8 Å². The zero-order valence-electron chi connectivity index (χ0n) is 15.4. The van der Waals surface area contributed by atoms with Gasteiger partial charge in [0, 0.05) is 32.5 Å². The van der Waals surface area contributed by atoms with Crippen molar-refractivity contribution < 1.29 is 4.39 Å². The Kier molecular flexibility index (Phi) is 6.57. The molecule has 2 aromatic carbocycles. The molecule has 6 heteroatoms. The lowest BCUT2D eigenvalue weighted by Gasteiger charge is -2.12. The van der Waals surface area contributed by atoms with Crippen molar-refractivity contribution in [3.8, 4) is 5.69 Å². The molecule has 0 aliphatic carbocycles. The largest absolute Gasteiger partial charge is 0.356 e. The molecule has 3 rings (SSSR count). The number of guanidine groups is 1. The highest BCUT2D eigenvalue weighted by atomic mass is 19.1. The van der Waals surface area contributed by atoms with Crippen LogP contribution < -0.4 is 10.6 Å². The molecular weight excluding hydrogens is 341 g/mol. The van der Waals surface area contributed by atoms with Gasteiger partial charge in [0.2, 0.25) is 0 Å². The van der Waals surface area contributed by atoms with Gasteiger partial charge in [-0.15, -0.1) is 0 Å². The third-order valence-corrected chi connectivity index (χ3v) is 4.23. The van der Waals surface area contributed by atoms with E-state index in [1.807, 2.05) is 23.0 Å². The predicted molar refractivity (Wildman–Crippen MR) is 107 cm³/mol. The minimum absolute atomic E-state index is 0.200. The highest BCUT2D eigenvalue weighted by Crippen LogP contribution is 2.08. The van der Waals surface area contributed by atoms with Crippen LogP contribution in [0.4, 0.5) is 4.39 Å². The van der Waals surface area contributed by atoms with E-state index in [4.69, 9.17) is 0 Å². The summed E-state index contributed by atoms with van der Waals surface area (Å²) in [6.45, 7) is 1.47. The molecular formula is C21H24FN5. The first kappa shape index (κ1) is 18.6. The van der Waals surface area contributed by atoms with Crippen LogP contribution in [0.25, 0.3) is 5.69 Å². The van der Waals surface area contributed by atoms with Crippen molar-refractivity contribution >= 4 is 5.96 Å². The summed E-state index contributed by atoms with van der Waals surface area (Å²) >= 11 is 0. The normalized spacial score (nSPS) is 11.4. The number of halogens is 1. The lowest BCUT2D eigenvalue weighted by Crippen LogP contribution is -2.39. The molecule has 0 aliphatic rings. The van der Waals surface area contributed by atoms with Gasteiger partial charge in [-0.1, -0.05) is 24.3 Å². The number of hydrogen-bond acceptors (Lipinski definition) is 2. The molecule has 27 heavy (non-hydrogen) atoms. The van der Waals surface area contributed by atoms with Crippen LogP contribution in [0.5, 0.6) is 0 Å². The van der Waals surface area contributed by atoms with Crippen LogP contribution in [0.1, 0.15) is 11.1 Å². The maximum absolute atomic E-state index is 13.2. The molecule has 0 radical (unpaired) electrons. The molecule has 0 saturated carbocycles. The SMILES string of the molecule is CN=C(NCCc1ccc(-n2cccn2)cc1)NCCc1cccc(F)c1. The number of benzene rings is 2. The van der Waals surface area contributed by atoms with Gasteiger partial charge in [-0.05, 0) is 54.3 Å². The Balaban J connectivity index is 1.40. The van der Waals surface area contributed by atoms with Crippen LogP contribution in [-0.2, 0) is 12.8 Å². The highest BCUT2D eigenvalue weighted by molar-refractivity contribution is 5.79. The quantitative estimate of drug-likeness (QED) is 0.500. The van der Waals surface area contributed by atoms with Gasteiger partial charge >= 0.3 is 0 Å². The summed E-state index contributed by atoms with van der Waals surface area (Å²) in [6, 6.07) is 16.9. The molecule has 5 nitrogen and oxygen atoms in total. The van der Waals surface area contributed by atoms with Gasteiger partial charge in [0.15, 0.2) is 5.96 Å². The Morgan fingerprint density at radius 2 is 1.74 bits per heavy atom. The van der Waals surface area contributed by atoms with Crippen molar-refractivity contribution in [3.05, 3.63) is 83.9 Å². The lowest BCUT2D eigenvalue weighted by atomic mass is 10.1. The molecule has 0 bridgehead atoms. The number of rotatable bonds is 7. The first-order chi connectivity index (χ1) is 13.2. The molecule has 0 spiro atoms. The van der Waals surface area contributed by atoms with Gasteiger partial charge in [-0.3, -0.25) is 4.99 Å². The van der Waals surface area contributed by atoms with Gasteiger partial charge < -0.3 is 10.6 Å². The smallest absolute Gasteiger partial charge is 0.190 e. The topological polar surface area (TPSA) is 54.2 Å². The zero-order valence-corrected chi connectivity index (χ0v) is 15.4. The minimum atomic E-state index is -0.200. The van der Waals surface area contributed by atoms with E-state index < -0.39 is 0 Å². The van der Waals surface area contributed by atoms with Crippen LogP contribution in [0.3, 0.4) is 0 Å². The van der Waals surface area contributed by atoms with Crippen molar-refractivity contribution in [2.75, 3.05) is 20.1 Å². The maximum atomic E-state index is 13.2. The van der Waals surface area contributed by atoms with E-state index >= 15 is 0 Å². The molecule has 0 atom stereocenters. The third-order valence-electron chi connectivity index (χ3n) is 4.23. The second kappa shape index (κ2) is 9.52. The molecule has 140 valence electrons. The van der Waals surface area contributed by atoms with Gasteiger partial charge in [-0.2, -0.15) is 5.10 Å². The monoisotopic (exact) mass is 365 g/mol. The maximum Gasteiger partial charge on any atom is 0.190 e. The first-order valence-electron chi connectivity index (χ1n) is 9.02. The Morgan fingerprint density at radius 3 is 2.37 bits per heavy atom. The number of aliphatic imine (C=N–C) groups is 1. The minimum Gasteiger partial charge on any atom is -0.356 e. The van der Waals surface area contributed by atoms with E-state index in [0.29, 0.717) is 6.54 Å². The molecule has 0 unspecified atom stereocenters. The fraction of sp³-hybridized carbons (Fsp3) is 0.238. The molecule has 1 aromatic heterocycles. The summed E-state index contributed by atoms with van der Waals surface area (Å²) in [4.78, 5) is 4.22. The molecule has 0 saturated heterocycles. The average molecular weight is 365 g/mol. The molecule has 0 amide bonds. The van der Waals surface area contributed by atoms with E-state index in [9.17, 15) is 4.39 Å². The summed E-state index contributed by atoms with van der Waals surface area (Å²) < 4.78 is 15.0. The van der Waals surface area contributed by atoms with Crippen molar-refractivity contribution in [3.63, 3.8) is 0 Å². The lowest BCUT2D eigenvalue weighted by molar-refractivity contribution is 0.625. The summed E-state index contributed by atoms with van der Waals surface area (Å²) in [6.07, 6.45) is 5.33. The fourth-order valence-electron chi connectivity index (χ4n) is 2.80. The summed E-state index contributed by atoms with van der Waals surface area (Å²) in [7, 11) is 1.75. The summed E-state index contributed by atoms with van der Waals surface area (Å²) in [5.41, 5.74) is 3.26. The van der Waals surface area contributed by atoms with Gasteiger partial charge in [-0.25, -0.2) is 9.07 Å². The highest BCUT2D eigenvalue weighted by Gasteiger charge is 2.01. The number of nitrogens with zero attached hydrogens (tertiary/aromatic N) is 3. The van der Waals surface area contributed by atoms with E-state index in [1.165, 1.54) is 11.6 Å². The van der Waals surface area contributed by atoms with Crippen LogP contribution in [0.2, 0.25) is 0 Å². The number of hydrogen-bond donors (Lipinski definition) is 2. The summed E-state index contributed by atoms with van der Waals surface area (Å²) in [5, 5.41) is 10.8. The second-order valence-electron chi connectivity index (χ2n) is 6.17. The standard InChI is InChI=1S/C21H24FN5/c1-23-21(25-14-11-18-4-2-5-19(22)16-18)24-13-10-17-6-8-20(9-7-17)27-15-3-12-26-27/h2-9,12,15-16H,10-11,13-14H2,1H3,(H2,23,24,25). The Hall–Kier alpha value is -3.15. The van der Waals surface area contributed by atoms with Crippen LogP contribution in [0, 0.1) is 5.82 Å². The van der Waals surface area contributed by atoms with Crippen LogP contribution in [-0.4, -0.2) is 35.9 Å². The van der Waals surface area contributed by atoms with Crippen LogP contribution in [0.15, 0.2) is 72.0 Å². The second-order valence-corrected chi connectivity index (χ2v) is 6.17. The molecule has 3 aromatic rings. The molecule has 2 N–H and O–H groups in total. The zero-order chi connectivity index (χ0) is 18.9. The Morgan fingerprint density at radius 1 is 1.00 bits per heavy atom. The van der Waals surface area contributed by atoms with Gasteiger partial charge in [0.1, 0.15) is 5.82 Å². The Bertz CT molecular complexity index is 857. The van der Waals surface area contributed by atoms with E-state index in [2.05, 4.69) is 45.0 Å². The van der Waals surface area contributed by atoms with Crippen molar-refractivity contribution in [1.29, 1.82) is 0 Å². The average Bonchev–Trinajstić information content (AvgIpc) is 3.22.